The number of carbonyl (C=O) groups is 1. The van der Waals surface area contributed by atoms with Crippen LogP contribution in [0.2, 0.25) is 5.02 Å². The van der Waals surface area contributed by atoms with Crippen LogP contribution in [0.4, 0.5) is 4.39 Å². The summed E-state index contributed by atoms with van der Waals surface area (Å²) in [5.41, 5.74) is 2.27. The molecule has 0 saturated carbocycles. The Balaban J connectivity index is 1.84. The molecule has 0 spiro atoms. The first-order valence-corrected chi connectivity index (χ1v) is 12.2. The van der Waals surface area contributed by atoms with Gasteiger partial charge in [-0.1, -0.05) is 35.9 Å². The third kappa shape index (κ3) is 4.58. The lowest BCUT2D eigenvalue weighted by atomic mass is 10.1. The molecule has 3 aromatic carbocycles. The van der Waals surface area contributed by atoms with Crippen molar-refractivity contribution in [3.63, 3.8) is 0 Å². The van der Waals surface area contributed by atoms with Gasteiger partial charge in [0.15, 0.2) is 14.8 Å². The van der Waals surface area contributed by atoms with Crippen molar-refractivity contribution in [2.75, 3.05) is 6.26 Å². The van der Waals surface area contributed by atoms with Gasteiger partial charge in [-0.05, 0) is 54.1 Å². The average molecular weight is 472 g/mol. The Hall–Kier alpha value is -2.87. The second-order valence-corrected chi connectivity index (χ2v) is 10.3. The fourth-order valence-electron chi connectivity index (χ4n) is 3.02. The molecule has 0 aliphatic rings. The van der Waals surface area contributed by atoms with Crippen LogP contribution < -0.4 is 0 Å². The van der Waals surface area contributed by atoms with E-state index in [9.17, 15) is 17.6 Å². The zero-order chi connectivity index (χ0) is 22.2. The summed E-state index contributed by atoms with van der Waals surface area (Å²) < 4.78 is 37.0. The highest BCUT2D eigenvalue weighted by Gasteiger charge is 2.21. The molecular formula is C23H15ClFNO3S2. The third-order valence-corrected chi connectivity index (χ3v) is 7.04. The van der Waals surface area contributed by atoms with Crippen LogP contribution in [0.1, 0.15) is 15.4 Å². The van der Waals surface area contributed by atoms with Crippen LogP contribution in [-0.4, -0.2) is 25.4 Å². The van der Waals surface area contributed by atoms with Gasteiger partial charge in [-0.3, -0.25) is 4.79 Å². The topological polar surface area (TPSA) is 64.1 Å². The highest BCUT2D eigenvalue weighted by Crippen LogP contribution is 2.38. The second kappa shape index (κ2) is 8.34. The number of aromatic nitrogens is 1. The Morgan fingerprint density at radius 3 is 2.23 bits per heavy atom. The number of nitrogens with zero attached hydrogens (tertiary/aromatic N) is 1. The van der Waals surface area contributed by atoms with Crippen molar-refractivity contribution >= 4 is 38.6 Å². The average Bonchev–Trinajstić information content (AvgIpc) is 3.18. The lowest BCUT2D eigenvalue weighted by Crippen LogP contribution is -2.00. The van der Waals surface area contributed by atoms with Gasteiger partial charge < -0.3 is 0 Å². The van der Waals surface area contributed by atoms with E-state index in [1.54, 1.807) is 48.5 Å². The highest BCUT2D eigenvalue weighted by molar-refractivity contribution is 7.90. The van der Waals surface area contributed by atoms with E-state index in [1.807, 2.05) is 0 Å². The van der Waals surface area contributed by atoms with E-state index in [1.165, 1.54) is 35.6 Å². The summed E-state index contributed by atoms with van der Waals surface area (Å²) in [7, 11) is -3.34. The highest BCUT2D eigenvalue weighted by atomic mass is 35.5. The molecular weight excluding hydrogens is 457 g/mol. The number of benzene rings is 3. The molecule has 31 heavy (non-hydrogen) atoms. The summed E-state index contributed by atoms with van der Waals surface area (Å²) in [5, 5.41) is 0.696. The van der Waals surface area contributed by atoms with Gasteiger partial charge in [-0.25, -0.2) is 17.8 Å². The summed E-state index contributed by atoms with van der Waals surface area (Å²) >= 11 is 7.20. The van der Waals surface area contributed by atoms with Crippen LogP contribution in [0, 0.1) is 5.82 Å². The maximum absolute atomic E-state index is 13.4. The molecule has 1 aromatic heterocycles. The third-order valence-electron chi connectivity index (χ3n) is 4.57. The number of thiazole rings is 1. The molecule has 8 heteroatoms. The molecule has 156 valence electrons. The summed E-state index contributed by atoms with van der Waals surface area (Å²) in [6, 6.07) is 18.8. The minimum absolute atomic E-state index is 0.194. The number of sulfone groups is 1. The lowest BCUT2D eigenvalue weighted by Gasteiger charge is -2.04. The smallest absolute Gasteiger partial charge is 0.221 e. The van der Waals surface area contributed by atoms with E-state index >= 15 is 0 Å². The quantitative estimate of drug-likeness (QED) is 0.340. The minimum Gasteiger partial charge on any atom is -0.286 e. The number of halogens is 2. The van der Waals surface area contributed by atoms with Crippen LogP contribution in [0.3, 0.4) is 0 Å². The Labute approximate surface area is 187 Å². The van der Waals surface area contributed by atoms with Crippen LogP contribution in [0.25, 0.3) is 21.7 Å². The van der Waals surface area contributed by atoms with Crippen molar-refractivity contribution < 1.29 is 17.6 Å². The first kappa shape index (κ1) is 21.4. The molecule has 1 heterocycles. The Morgan fingerprint density at radius 1 is 0.968 bits per heavy atom. The Morgan fingerprint density at radius 2 is 1.61 bits per heavy atom. The molecule has 4 rings (SSSR count). The molecule has 0 unspecified atom stereocenters. The standard InChI is InChI=1S/C23H15ClFNO3S2/c1-31(28,29)19-11-7-15(8-12-19)22-20(14-5-9-18(25)10-6-14)26-23(30-22)21(27)16-3-2-4-17(24)13-16/h2-13H,1H3. The summed E-state index contributed by atoms with van der Waals surface area (Å²) in [4.78, 5) is 18.4. The van der Waals surface area contributed by atoms with Gasteiger partial charge in [-0.15, -0.1) is 11.3 Å². The van der Waals surface area contributed by atoms with Crippen LogP contribution >= 0.6 is 22.9 Å². The van der Waals surface area contributed by atoms with Crippen LogP contribution in [0.5, 0.6) is 0 Å². The van der Waals surface area contributed by atoms with Crippen LogP contribution in [0.15, 0.2) is 77.7 Å². The predicted octanol–water partition coefficient (Wildman–Crippen LogP) is 5.90. The minimum atomic E-state index is -3.34. The van der Waals surface area contributed by atoms with Crippen molar-refractivity contribution in [1.29, 1.82) is 0 Å². The molecule has 0 N–H and O–H groups in total. The van der Waals surface area contributed by atoms with Gasteiger partial charge in [0, 0.05) is 22.4 Å². The number of carbonyl (C=O) groups excluding carboxylic acids is 1. The molecule has 4 aromatic rings. The molecule has 0 bridgehead atoms. The van der Waals surface area contributed by atoms with Crippen molar-refractivity contribution in [1.82, 2.24) is 4.98 Å². The van der Waals surface area contributed by atoms with E-state index in [2.05, 4.69) is 4.98 Å². The second-order valence-electron chi connectivity index (χ2n) is 6.84. The molecule has 0 aliphatic heterocycles. The molecule has 4 nitrogen and oxygen atoms in total. The van der Waals surface area contributed by atoms with Crippen molar-refractivity contribution in [2.45, 2.75) is 4.90 Å². The zero-order valence-corrected chi connectivity index (χ0v) is 18.6. The molecule has 0 saturated heterocycles. The van der Waals surface area contributed by atoms with Crippen molar-refractivity contribution in [3.05, 3.63) is 94.2 Å². The molecule has 0 amide bonds. The molecule has 0 aliphatic carbocycles. The largest absolute Gasteiger partial charge is 0.286 e. The van der Waals surface area contributed by atoms with Gasteiger partial charge in [0.05, 0.1) is 15.5 Å². The van der Waals surface area contributed by atoms with E-state index in [4.69, 9.17) is 11.6 Å². The van der Waals surface area contributed by atoms with E-state index in [0.29, 0.717) is 32.3 Å². The molecule has 0 fully saturated rings. The van der Waals surface area contributed by atoms with Gasteiger partial charge in [-0.2, -0.15) is 0 Å². The number of rotatable bonds is 5. The van der Waals surface area contributed by atoms with Gasteiger partial charge in [0.2, 0.25) is 5.78 Å². The number of hydrogen-bond acceptors (Lipinski definition) is 5. The fraction of sp³-hybridized carbons (Fsp3) is 0.0435. The Kier molecular flexibility index (Phi) is 5.75. The first-order chi connectivity index (χ1) is 14.7. The molecule has 0 radical (unpaired) electrons. The number of hydrogen-bond donors (Lipinski definition) is 0. The monoisotopic (exact) mass is 471 g/mol. The van der Waals surface area contributed by atoms with E-state index in [-0.39, 0.29) is 21.5 Å². The maximum atomic E-state index is 13.4. The Bertz CT molecular complexity index is 1380. The lowest BCUT2D eigenvalue weighted by molar-refractivity contribution is 0.103. The van der Waals surface area contributed by atoms with Crippen molar-refractivity contribution in [3.8, 4) is 21.7 Å². The fourth-order valence-corrected chi connectivity index (χ4v) is 4.90. The van der Waals surface area contributed by atoms with E-state index in [0.717, 1.165) is 6.26 Å². The predicted molar refractivity (Wildman–Crippen MR) is 121 cm³/mol. The maximum Gasteiger partial charge on any atom is 0.221 e. The summed E-state index contributed by atoms with van der Waals surface area (Å²) in [5.74, 6) is -0.664. The molecule has 0 atom stereocenters. The SMILES string of the molecule is CS(=O)(=O)c1ccc(-c2sc(C(=O)c3cccc(Cl)c3)nc2-c2ccc(F)cc2)cc1. The zero-order valence-electron chi connectivity index (χ0n) is 16.2. The summed E-state index contributed by atoms with van der Waals surface area (Å²) in [6.07, 6.45) is 1.14. The van der Waals surface area contributed by atoms with Gasteiger partial charge >= 0.3 is 0 Å². The van der Waals surface area contributed by atoms with Gasteiger partial charge in [0.1, 0.15) is 5.82 Å². The normalized spacial score (nSPS) is 11.5. The van der Waals surface area contributed by atoms with Crippen LogP contribution in [-0.2, 0) is 9.84 Å². The summed E-state index contributed by atoms with van der Waals surface area (Å²) in [6.45, 7) is 0. The first-order valence-electron chi connectivity index (χ1n) is 9.10. The number of ketones is 1. The van der Waals surface area contributed by atoms with Gasteiger partial charge in [0.25, 0.3) is 0 Å². The van der Waals surface area contributed by atoms with Crippen molar-refractivity contribution in [2.24, 2.45) is 0 Å². The van der Waals surface area contributed by atoms with E-state index < -0.39 is 9.84 Å².